The average Bonchev–Trinajstić information content (AvgIpc) is 3.08. The molecule has 4 heterocycles. The van der Waals surface area contributed by atoms with Gasteiger partial charge in [0.15, 0.2) is 0 Å². The van der Waals surface area contributed by atoms with Crippen molar-refractivity contribution in [3.63, 3.8) is 0 Å². The molecule has 0 unspecified atom stereocenters. The number of benzene rings is 2. The molecule has 12 heteroatoms. The van der Waals surface area contributed by atoms with Crippen LogP contribution in [0, 0.1) is 5.82 Å². The Morgan fingerprint density at radius 2 is 1.53 bits per heavy atom. The van der Waals surface area contributed by atoms with Crippen LogP contribution < -0.4 is 25.4 Å². The van der Waals surface area contributed by atoms with Gasteiger partial charge in [-0.15, -0.1) is 0 Å². The molecule has 2 aliphatic heterocycles. The number of aldehydes is 1. The molecule has 0 bridgehead atoms. The molecule has 0 atom stereocenters. The van der Waals surface area contributed by atoms with Gasteiger partial charge in [-0.25, -0.2) is 19.3 Å². The van der Waals surface area contributed by atoms with Crippen LogP contribution in [0.2, 0.25) is 0 Å². The normalized spacial score (nSPS) is 16.1. The maximum Gasteiger partial charge on any atom is 0.150 e. The maximum atomic E-state index is 15.3. The number of hydrogen-bond acceptors (Lipinski definition) is 11. The molecule has 0 aliphatic carbocycles. The lowest BCUT2D eigenvalue weighted by atomic mass is 10.0. The van der Waals surface area contributed by atoms with Gasteiger partial charge in [-0.3, -0.25) is 4.79 Å². The van der Waals surface area contributed by atoms with Gasteiger partial charge in [-0.05, 0) is 96.3 Å². The molecule has 11 nitrogen and oxygen atoms in total. The number of piperidine rings is 2. The highest BCUT2D eigenvalue weighted by Gasteiger charge is 2.20. The number of anilines is 4. The number of nitrogens with one attached hydrogen (secondary N) is 3. The largest absolute Gasteiger partial charge is 0.495 e. The van der Waals surface area contributed by atoms with E-state index in [0.29, 0.717) is 47.0 Å². The number of allylic oxidation sites excluding steroid dienone is 1. The molecular weight excluding hydrogens is 599 g/mol. The third kappa shape index (κ3) is 9.14. The molecule has 248 valence electrons. The van der Waals surface area contributed by atoms with Crippen molar-refractivity contribution in [1.82, 2.24) is 24.8 Å². The van der Waals surface area contributed by atoms with E-state index in [1.54, 1.807) is 31.5 Å². The molecule has 47 heavy (non-hydrogen) atoms. The Bertz CT molecular complexity index is 1650. The van der Waals surface area contributed by atoms with E-state index in [2.05, 4.69) is 61.4 Å². The van der Waals surface area contributed by atoms with Crippen molar-refractivity contribution in [2.24, 2.45) is 0 Å². The van der Waals surface area contributed by atoms with Crippen molar-refractivity contribution in [3.8, 4) is 17.2 Å². The monoisotopic (exact) mass is 642 g/mol. The van der Waals surface area contributed by atoms with E-state index in [0.717, 1.165) is 68.8 Å². The summed E-state index contributed by atoms with van der Waals surface area (Å²) in [5.41, 5.74) is 1.85. The Balaban J connectivity index is 0.00000103. The fraction of sp³-hybridized carbons (Fsp3) is 0.371. The predicted octanol–water partition coefficient (Wildman–Crippen LogP) is 6.09. The molecular formula is C35H43FN8O3. The van der Waals surface area contributed by atoms with E-state index >= 15 is 4.39 Å². The smallest absolute Gasteiger partial charge is 0.150 e. The summed E-state index contributed by atoms with van der Waals surface area (Å²) >= 11 is 0. The van der Waals surface area contributed by atoms with Gasteiger partial charge in [0, 0.05) is 41.9 Å². The molecule has 0 saturated carbocycles. The highest BCUT2D eigenvalue weighted by molar-refractivity contribution is 5.95. The van der Waals surface area contributed by atoms with Gasteiger partial charge < -0.3 is 35.2 Å². The first-order valence-electron chi connectivity index (χ1n) is 15.8. The molecule has 3 N–H and O–H groups in total. The van der Waals surface area contributed by atoms with Crippen LogP contribution in [0.4, 0.5) is 27.4 Å². The molecule has 0 spiro atoms. The van der Waals surface area contributed by atoms with E-state index in [9.17, 15) is 0 Å². The predicted molar refractivity (Wildman–Crippen MR) is 185 cm³/mol. The number of fused-ring (bicyclic) bond motifs is 1. The number of aromatic nitrogens is 3. The number of nitrogens with zero attached hydrogens (tertiary/aromatic N) is 5. The van der Waals surface area contributed by atoms with Crippen LogP contribution in [0.5, 0.6) is 17.2 Å². The standard InChI is InChI=1S/C32H39FN8O2.C3H4O/c1-40-12-7-21(8-13-40)37-29-18-25-28(19-30(29)42-3)35-20-36-32(25)39-27-5-4-23(16-26(27)33)43-24-6-11-34-31(17-24)38-22-9-14-41(2)15-10-22;1-2-3-4/h4-6,11,16-22,37H,7-10,12-15H2,1-3H3,(H,34,38)(H,35,36,39);2-3H,1H2. The summed E-state index contributed by atoms with van der Waals surface area (Å²) < 4.78 is 27.0. The zero-order valence-corrected chi connectivity index (χ0v) is 27.2. The Labute approximate surface area is 275 Å². The van der Waals surface area contributed by atoms with Crippen LogP contribution in [-0.4, -0.2) is 90.5 Å². The number of halogens is 1. The number of likely N-dealkylation sites (tertiary alicyclic amines) is 2. The molecule has 2 aromatic carbocycles. The third-order valence-electron chi connectivity index (χ3n) is 8.36. The van der Waals surface area contributed by atoms with Gasteiger partial charge in [0.25, 0.3) is 0 Å². The second-order valence-corrected chi connectivity index (χ2v) is 11.9. The lowest BCUT2D eigenvalue weighted by Crippen LogP contribution is -2.36. The summed E-state index contributed by atoms with van der Waals surface area (Å²) in [6.07, 6.45) is 9.21. The number of hydrogen-bond donors (Lipinski definition) is 3. The van der Waals surface area contributed by atoms with Gasteiger partial charge in [-0.1, -0.05) is 6.58 Å². The van der Waals surface area contributed by atoms with Gasteiger partial charge in [0.05, 0.1) is 24.0 Å². The molecule has 6 rings (SSSR count). The first-order chi connectivity index (χ1) is 22.8. The highest BCUT2D eigenvalue weighted by atomic mass is 19.1. The maximum absolute atomic E-state index is 15.3. The topological polar surface area (TPSA) is 117 Å². The Morgan fingerprint density at radius 3 is 2.17 bits per heavy atom. The van der Waals surface area contributed by atoms with Crippen molar-refractivity contribution < 1.29 is 18.7 Å². The fourth-order valence-electron chi connectivity index (χ4n) is 5.68. The van der Waals surface area contributed by atoms with Crippen molar-refractivity contribution >= 4 is 40.2 Å². The third-order valence-corrected chi connectivity index (χ3v) is 8.36. The van der Waals surface area contributed by atoms with Gasteiger partial charge >= 0.3 is 0 Å². The molecule has 0 radical (unpaired) electrons. The van der Waals surface area contributed by atoms with Gasteiger partial charge in [-0.2, -0.15) is 0 Å². The quantitative estimate of drug-likeness (QED) is 0.138. The molecule has 2 aromatic heterocycles. The summed E-state index contributed by atoms with van der Waals surface area (Å²) in [5.74, 6) is 2.49. The Morgan fingerprint density at radius 1 is 0.872 bits per heavy atom. The van der Waals surface area contributed by atoms with Crippen molar-refractivity contribution in [3.05, 3.63) is 73.5 Å². The minimum Gasteiger partial charge on any atom is -0.495 e. The number of methoxy groups -OCH3 is 1. The summed E-state index contributed by atoms with van der Waals surface area (Å²) in [6.45, 7) is 7.31. The van der Waals surface area contributed by atoms with Crippen molar-refractivity contribution in [1.29, 1.82) is 0 Å². The van der Waals surface area contributed by atoms with E-state index in [-0.39, 0.29) is 5.69 Å². The number of pyridine rings is 1. The summed E-state index contributed by atoms with van der Waals surface area (Å²) in [5, 5.41) is 11.1. The van der Waals surface area contributed by atoms with Crippen molar-refractivity contribution in [2.45, 2.75) is 37.8 Å². The molecule has 4 aromatic rings. The Kier molecular flexibility index (Phi) is 11.5. The first-order valence-corrected chi connectivity index (χ1v) is 15.8. The first kappa shape index (κ1) is 33.6. The van der Waals surface area contributed by atoms with Crippen LogP contribution in [0.15, 0.2) is 67.6 Å². The second kappa shape index (κ2) is 16.1. The minimum atomic E-state index is -0.457. The summed E-state index contributed by atoms with van der Waals surface area (Å²) in [6, 6.07) is 12.9. The summed E-state index contributed by atoms with van der Waals surface area (Å²) in [4.78, 5) is 27.0. The molecule has 2 aliphatic rings. The van der Waals surface area contributed by atoms with Crippen LogP contribution in [0.3, 0.4) is 0 Å². The SMILES string of the molecule is C=CC=O.COc1cc2ncnc(Nc3ccc(Oc4ccnc(NC5CCN(C)CC5)c4)cc3F)c2cc1NC1CCN(C)CC1. The molecule has 0 amide bonds. The number of rotatable bonds is 10. The summed E-state index contributed by atoms with van der Waals surface area (Å²) in [7, 11) is 5.94. The van der Waals surface area contributed by atoms with Crippen LogP contribution >= 0.6 is 0 Å². The van der Waals surface area contributed by atoms with E-state index in [1.165, 1.54) is 18.5 Å². The van der Waals surface area contributed by atoms with Crippen LogP contribution in [0.25, 0.3) is 10.9 Å². The van der Waals surface area contributed by atoms with Crippen molar-refractivity contribution in [2.75, 3.05) is 63.3 Å². The minimum absolute atomic E-state index is 0.285. The van der Waals surface area contributed by atoms with Crippen LogP contribution in [0.1, 0.15) is 25.7 Å². The number of carbonyl (C=O) groups is 1. The van der Waals surface area contributed by atoms with E-state index < -0.39 is 5.82 Å². The lowest BCUT2D eigenvalue weighted by Gasteiger charge is -2.30. The highest BCUT2D eigenvalue weighted by Crippen LogP contribution is 2.35. The number of ether oxygens (including phenoxy) is 2. The zero-order chi connectivity index (χ0) is 33.2. The Hall–Kier alpha value is -4.81. The fourth-order valence-corrected chi connectivity index (χ4v) is 5.68. The zero-order valence-electron chi connectivity index (χ0n) is 27.2. The van der Waals surface area contributed by atoms with Crippen LogP contribution in [-0.2, 0) is 4.79 Å². The van der Waals surface area contributed by atoms with Gasteiger partial charge in [0.1, 0.15) is 47.3 Å². The molecule has 2 fully saturated rings. The second-order valence-electron chi connectivity index (χ2n) is 11.9. The van der Waals surface area contributed by atoms with E-state index in [4.69, 9.17) is 14.3 Å². The van der Waals surface area contributed by atoms with Gasteiger partial charge in [0.2, 0.25) is 0 Å². The lowest BCUT2D eigenvalue weighted by molar-refractivity contribution is -0.104. The van der Waals surface area contributed by atoms with E-state index in [1.807, 2.05) is 18.2 Å². The number of carbonyl (C=O) groups excluding carboxylic acids is 1. The molecule has 2 saturated heterocycles. The average molecular weight is 643 g/mol.